The maximum Gasteiger partial charge on any atom is 0.391 e. The van der Waals surface area contributed by atoms with Crippen LogP contribution in [0.15, 0.2) is 4.99 Å². The zero-order valence-corrected chi connectivity index (χ0v) is 10.5. The second-order valence-electron chi connectivity index (χ2n) is 4.71. The molecule has 1 N–H and O–H groups in total. The van der Waals surface area contributed by atoms with Gasteiger partial charge in [-0.15, -0.1) is 0 Å². The molecule has 0 aromatic rings. The van der Waals surface area contributed by atoms with Gasteiger partial charge in [0.2, 0.25) is 0 Å². The van der Waals surface area contributed by atoms with Crippen molar-refractivity contribution in [2.75, 3.05) is 5.75 Å². The molecule has 1 atom stereocenters. The molecule has 1 aliphatic heterocycles. The van der Waals surface area contributed by atoms with Crippen molar-refractivity contribution >= 4 is 16.9 Å². The molecule has 1 rings (SSSR count). The van der Waals surface area contributed by atoms with Crippen molar-refractivity contribution in [3.63, 3.8) is 0 Å². The highest BCUT2D eigenvalue weighted by atomic mass is 32.2. The van der Waals surface area contributed by atoms with Crippen LogP contribution in [-0.2, 0) is 0 Å². The molecule has 0 radical (unpaired) electrons. The largest absolute Gasteiger partial charge is 0.391 e. The summed E-state index contributed by atoms with van der Waals surface area (Å²) in [6, 6.07) is -0.719. The van der Waals surface area contributed by atoms with E-state index in [4.69, 9.17) is 0 Å². The highest BCUT2D eigenvalue weighted by Crippen LogP contribution is 2.25. The van der Waals surface area contributed by atoms with Crippen LogP contribution in [0.25, 0.3) is 0 Å². The van der Waals surface area contributed by atoms with Crippen molar-refractivity contribution in [2.45, 2.75) is 51.4 Å². The first kappa shape index (κ1) is 13.7. The molecule has 0 aliphatic carbocycles. The Bertz CT molecular complexity index is 274. The van der Waals surface area contributed by atoms with Crippen molar-refractivity contribution in [3.05, 3.63) is 0 Å². The summed E-state index contributed by atoms with van der Waals surface area (Å²) in [5, 5.41) is 3.79. The molecule has 1 aliphatic rings. The molecule has 1 saturated heterocycles. The first-order valence-corrected chi connectivity index (χ1v) is 6.22. The third kappa shape index (κ3) is 5.09. The Kier molecular flexibility index (Phi) is 4.15. The lowest BCUT2D eigenvalue weighted by Gasteiger charge is -2.32. The first-order valence-electron chi connectivity index (χ1n) is 5.23. The minimum Gasteiger partial charge on any atom is -0.360 e. The van der Waals surface area contributed by atoms with Crippen LogP contribution in [0.5, 0.6) is 0 Å². The maximum atomic E-state index is 12.1. The predicted octanol–water partition coefficient (Wildman–Crippen LogP) is 3.19. The second kappa shape index (κ2) is 4.85. The number of halogens is 3. The van der Waals surface area contributed by atoms with Gasteiger partial charge < -0.3 is 5.32 Å². The van der Waals surface area contributed by atoms with E-state index >= 15 is 0 Å². The zero-order valence-electron chi connectivity index (χ0n) is 9.69. The number of thioether (sulfide) groups is 1. The van der Waals surface area contributed by atoms with Crippen LogP contribution in [0.3, 0.4) is 0 Å². The normalized spacial score (nSPS) is 25.2. The average molecular weight is 254 g/mol. The maximum absolute atomic E-state index is 12.1. The molecule has 0 aromatic heterocycles. The molecule has 0 amide bonds. The third-order valence-corrected chi connectivity index (χ3v) is 3.16. The summed E-state index contributed by atoms with van der Waals surface area (Å²) in [5.74, 6) is 0.900. The van der Waals surface area contributed by atoms with Gasteiger partial charge in [0.25, 0.3) is 0 Å². The highest BCUT2D eigenvalue weighted by molar-refractivity contribution is 8.13. The monoisotopic (exact) mass is 254 g/mol. The Morgan fingerprint density at radius 3 is 2.62 bits per heavy atom. The summed E-state index contributed by atoms with van der Waals surface area (Å²) in [4.78, 5) is 4.07. The highest BCUT2D eigenvalue weighted by Gasteiger charge is 2.31. The quantitative estimate of drug-likeness (QED) is 0.818. The Balaban J connectivity index is 2.56. The molecule has 0 spiro atoms. The molecular formula is C10H17F3N2S. The second-order valence-corrected chi connectivity index (χ2v) is 5.79. The minimum atomic E-state index is -4.14. The van der Waals surface area contributed by atoms with E-state index in [1.165, 1.54) is 18.7 Å². The first-order chi connectivity index (χ1) is 7.18. The van der Waals surface area contributed by atoms with E-state index in [-0.39, 0.29) is 5.54 Å². The lowest BCUT2D eigenvalue weighted by molar-refractivity contribution is -0.137. The molecule has 94 valence electrons. The summed E-state index contributed by atoms with van der Waals surface area (Å²) in [6.45, 7) is 5.54. The molecule has 0 saturated carbocycles. The standard InChI is InChI=1S/C10H17F3N2S/c1-7(6-10(11,12)13)14-8-15-9(2,3)4-5-16-8/h7H,4-6H2,1-3H3,(H,14,15). The molecule has 16 heavy (non-hydrogen) atoms. The summed E-state index contributed by atoms with van der Waals surface area (Å²) in [7, 11) is 0. The number of aliphatic imine (C=N–C) groups is 1. The molecule has 0 bridgehead atoms. The molecule has 6 heteroatoms. The zero-order chi connectivity index (χ0) is 12.4. The average Bonchev–Trinajstić information content (AvgIpc) is 1.96. The Morgan fingerprint density at radius 2 is 2.12 bits per heavy atom. The van der Waals surface area contributed by atoms with E-state index in [0.29, 0.717) is 5.17 Å². The fourth-order valence-corrected chi connectivity index (χ4v) is 2.85. The van der Waals surface area contributed by atoms with Crippen LogP contribution in [0.4, 0.5) is 13.2 Å². The van der Waals surface area contributed by atoms with Crippen molar-refractivity contribution in [1.29, 1.82) is 0 Å². The van der Waals surface area contributed by atoms with Crippen LogP contribution in [0.1, 0.15) is 33.6 Å². The molecule has 0 aromatic carbocycles. The summed E-state index contributed by atoms with van der Waals surface area (Å²) in [5.41, 5.74) is -0.0674. The van der Waals surface area contributed by atoms with E-state index < -0.39 is 18.6 Å². The number of nitrogens with one attached hydrogen (secondary N) is 1. The van der Waals surface area contributed by atoms with Crippen LogP contribution in [0.2, 0.25) is 0 Å². The third-order valence-electron chi connectivity index (χ3n) is 2.28. The summed E-state index contributed by atoms with van der Waals surface area (Å²) >= 11 is 1.49. The minimum absolute atomic E-state index is 0.0674. The van der Waals surface area contributed by atoms with E-state index in [1.807, 2.05) is 13.8 Å². The van der Waals surface area contributed by atoms with E-state index in [0.717, 1.165) is 12.2 Å². The van der Waals surface area contributed by atoms with Gasteiger partial charge in [-0.3, -0.25) is 4.99 Å². The van der Waals surface area contributed by atoms with Gasteiger partial charge in [0.05, 0.1) is 12.5 Å². The SMILES string of the molecule is CC(CC(F)(F)F)N=C1NC(C)(C)CCS1. The number of amidine groups is 1. The number of nitrogens with zero attached hydrogens (tertiary/aromatic N) is 1. The van der Waals surface area contributed by atoms with Crippen molar-refractivity contribution in [3.8, 4) is 0 Å². The molecular weight excluding hydrogens is 237 g/mol. The van der Waals surface area contributed by atoms with Gasteiger partial charge in [0, 0.05) is 11.3 Å². The lowest BCUT2D eigenvalue weighted by Crippen LogP contribution is -2.46. The van der Waals surface area contributed by atoms with Gasteiger partial charge in [0.15, 0.2) is 5.17 Å². The Labute approximate surface area is 98.1 Å². The van der Waals surface area contributed by atoms with Gasteiger partial charge in [-0.25, -0.2) is 0 Å². The van der Waals surface area contributed by atoms with Crippen molar-refractivity contribution in [2.24, 2.45) is 4.99 Å². The predicted molar refractivity (Wildman–Crippen MR) is 61.9 cm³/mol. The van der Waals surface area contributed by atoms with E-state index in [2.05, 4.69) is 10.3 Å². The molecule has 2 nitrogen and oxygen atoms in total. The van der Waals surface area contributed by atoms with Crippen LogP contribution < -0.4 is 5.32 Å². The van der Waals surface area contributed by atoms with Crippen LogP contribution in [0, 0.1) is 0 Å². The lowest BCUT2D eigenvalue weighted by atomic mass is 10.0. The summed E-state index contributed by atoms with van der Waals surface area (Å²) in [6.07, 6.45) is -4.01. The molecule has 1 heterocycles. The van der Waals surface area contributed by atoms with E-state index in [1.54, 1.807) is 0 Å². The van der Waals surface area contributed by atoms with Crippen LogP contribution in [-0.4, -0.2) is 28.7 Å². The summed E-state index contributed by atoms with van der Waals surface area (Å²) < 4.78 is 36.3. The van der Waals surface area contributed by atoms with Gasteiger partial charge in [-0.1, -0.05) is 11.8 Å². The van der Waals surface area contributed by atoms with Gasteiger partial charge in [-0.2, -0.15) is 13.2 Å². The van der Waals surface area contributed by atoms with Crippen molar-refractivity contribution in [1.82, 2.24) is 5.32 Å². The van der Waals surface area contributed by atoms with Crippen LogP contribution >= 0.6 is 11.8 Å². The van der Waals surface area contributed by atoms with Gasteiger partial charge >= 0.3 is 6.18 Å². The van der Waals surface area contributed by atoms with Crippen molar-refractivity contribution < 1.29 is 13.2 Å². The van der Waals surface area contributed by atoms with Gasteiger partial charge in [0.1, 0.15) is 0 Å². The number of hydrogen-bond donors (Lipinski definition) is 1. The molecule has 1 unspecified atom stereocenters. The number of rotatable bonds is 2. The van der Waals surface area contributed by atoms with E-state index in [9.17, 15) is 13.2 Å². The fourth-order valence-electron chi connectivity index (χ4n) is 1.44. The van der Waals surface area contributed by atoms with Gasteiger partial charge in [-0.05, 0) is 27.2 Å². The Morgan fingerprint density at radius 1 is 1.50 bits per heavy atom. The smallest absolute Gasteiger partial charge is 0.360 e. The number of alkyl halides is 3. The fraction of sp³-hybridized carbons (Fsp3) is 0.900. The topological polar surface area (TPSA) is 24.4 Å². The number of hydrogen-bond acceptors (Lipinski definition) is 2. The molecule has 1 fully saturated rings. The Hall–Kier alpha value is -0.390.